The van der Waals surface area contributed by atoms with Crippen LogP contribution >= 0.6 is 0 Å². The van der Waals surface area contributed by atoms with Crippen molar-refractivity contribution >= 4 is 17.6 Å². The summed E-state index contributed by atoms with van der Waals surface area (Å²) < 4.78 is 42.5. The summed E-state index contributed by atoms with van der Waals surface area (Å²) in [4.78, 5) is 30.2. The van der Waals surface area contributed by atoms with Gasteiger partial charge >= 0.3 is 0 Å². The molecule has 3 aromatic rings. The lowest BCUT2D eigenvalue weighted by molar-refractivity contribution is -0.126. The predicted molar refractivity (Wildman–Crippen MR) is 140 cm³/mol. The summed E-state index contributed by atoms with van der Waals surface area (Å²) in [6, 6.07) is 6.69. The molecule has 1 unspecified atom stereocenters. The molecule has 0 saturated heterocycles. The fourth-order valence-corrected chi connectivity index (χ4v) is 3.82. The van der Waals surface area contributed by atoms with Crippen LogP contribution in [0.5, 0.6) is 0 Å². The first-order valence-corrected chi connectivity index (χ1v) is 12.3. The van der Waals surface area contributed by atoms with Crippen molar-refractivity contribution in [1.29, 1.82) is 0 Å². The number of anilines is 1. The van der Waals surface area contributed by atoms with Gasteiger partial charge in [-0.3, -0.25) is 9.59 Å². The van der Waals surface area contributed by atoms with Gasteiger partial charge in [0.05, 0.1) is 18.3 Å². The minimum Gasteiger partial charge on any atom is -0.340 e. The molecule has 2 amide bonds. The summed E-state index contributed by atoms with van der Waals surface area (Å²) in [5, 5.41) is 8.72. The van der Waals surface area contributed by atoms with Gasteiger partial charge < -0.3 is 20.5 Å². The van der Waals surface area contributed by atoms with Gasteiger partial charge in [-0.2, -0.15) is 0 Å². The molecular weight excluding hydrogens is 495 g/mol. The number of hydrogen-bond donors (Lipinski definition) is 3. The third-order valence-electron chi connectivity index (χ3n) is 5.80. The normalized spacial score (nSPS) is 12.7. The number of carbonyl (C=O) groups excluding carboxylic acids is 2. The number of carbonyl (C=O) groups is 2. The molecular formula is C28H34F3N5O2. The Bertz CT molecular complexity index is 1250. The first-order valence-electron chi connectivity index (χ1n) is 12.3. The van der Waals surface area contributed by atoms with Crippen LogP contribution in [-0.2, 0) is 21.5 Å². The average Bonchev–Trinajstić information content (AvgIpc) is 3.26. The fraction of sp³-hybridized carbons (Fsp3) is 0.393. The number of benzene rings is 2. The van der Waals surface area contributed by atoms with Crippen LogP contribution in [0.2, 0.25) is 0 Å². The molecule has 0 fully saturated rings. The SMILES string of the molecule is CC(C)(C)CNCC(C)(C)n1cnc(NC(=O)C(NC(=O)Cc2cc(F)cc(F)c2)c2ccc(F)cc2)c1. The third-order valence-corrected chi connectivity index (χ3v) is 5.80. The fourth-order valence-electron chi connectivity index (χ4n) is 3.82. The number of nitrogens with zero attached hydrogens (tertiary/aromatic N) is 2. The van der Waals surface area contributed by atoms with E-state index in [2.05, 4.69) is 41.7 Å². The van der Waals surface area contributed by atoms with Gasteiger partial charge in [-0.25, -0.2) is 18.2 Å². The van der Waals surface area contributed by atoms with Crippen LogP contribution < -0.4 is 16.0 Å². The van der Waals surface area contributed by atoms with Gasteiger partial charge in [-0.1, -0.05) is 32.9 Å². The summed E-state index contributed by atoms with van der Waals surface area (Å²) in [7, 11) is 0. The maximum atomic E-state index is 13.5. The summed E-state index contributed by atoms with van der Waals surface area (Å²) >= 11 is 0. The highest BCUT2D eigenvalue weighted by atomic mass is 19.1. The van der Waals surface area contributed by atoms with Crippen LogP contribution in [-0.4, -0.2) is 34.5 Å². The van der Waals surface area contributed by atoms with Gasteiger partial charge in [0.15, 0.2) is 5.82 Å². The summed E-state index contributed by atoms with van der Waals surface area (Å²) in [5.74, 6) is -3.11. The topological polar surface area (TPSA) is 88.1 Å². The number of aromatic nitrogens is 2. The van der Waals surface area contributed by atoms with Gasteiger partial charge in [0.25, 0.3) is 5.91 Å². The van der Waals surface area contributed by atoms with Crippen molar-refractivity contribution in [1.82, 2.24) is 20.2 Å². The highest BCUT2D eigenvalue weighted by Gasteiger charge is 2.26. The molecule has 0 aliphatic rings. The van der Waals surface area contributed by atoms with Crippen LogP contribution in [0.25, 0.3) is 0 Å². The first kappa shape index (κ1) is 28.9. The van der Waals surface area contributed by atoms with Gasteiger partial charge in [0.2, 0.25) is 5.91 Å². The molecule has 2 aromatic carbocycles. The maximum absolute atomic E-state index is 13.5. The molecule has 3 rings (SSSR count). The van der Waals surface area contributed by atoms with E-state index >= 15 is 0 Å². The summed E-state index contributed by atoms with van der Waals surface area (Å²) in [6.07, 6.45) is 2.94. The Hall–Kier alpha value is -3.66. The molecule has 1 aromatic heterocycles. The maximum Gasteiger partial charge on any atom is 0.252 e. The Kier molecular flexibility index (Phi) is 8.98. The molecule has 204 valence electrons. The zero-order chi connectivity index (χ0) is 28.1. The van der Waals surface area contributed by atoms with Gasteiger partial charge in [0.1, 0.15) is 23.5 Å². The van der Waals surface area contributed by atoms with Crippen molar-refractivity contribution in [2.45, 2.75) is 52.6 Å². The van der Waals surface area contributed by atoms with E-state index in [4.69, 9.17) is 0 Å². The largest absolute Gasteiger partial charge is 0.340 e. The van der Waals surface area contributed by atoms with Crippen molar-refractivity contribution in [3.8, 4) is 0 Å². The molecule has 10 heteroatoms. The molecule has 0 spiro atoms. The van der Waals surface area contributed by atoms with Gasteiger partial charge in [-0.05, 0) is 54.7 Å². The highest BCUT2D eigenvalue weighted by molar-refractivity contribution is 5.97. The molecule has 7 nitrogen and oxygen atoms in total. The molecule has 0 aliphatic carbocycles. The molecule has 3 N–H and O–H groups in total. The van der Waals surface area contributed by atoms with Crippen molar-refractivity contribution < 1.29 is 22.8 Å². The second-order valence-corrected chi connectivity index (χ2v) is 11.1. The molecule has 38 heavy (non-hydrogen) atoms. The van der Waals surface area contributed by atoms with Gasteiger partial charge in [-0.15, -0.1) is 0 Å². The Morgan fingerprint density at radius 2 is 1.55 bits per heavy atom. The van der Waals surface area contributed by atoms with Gasteiger partial charge in [0, 0.05) is 25.4 Å². The lowest BCUT2D eigenvalue weighted by atomic mass is 9.96. The number of nitrogens with one attached hydrogen (secondary N) is 3. The Morgan fingerprint density at radius 3 is 2.16 bits per heavy atom. The standard InChI is InChI=1S/C28H34F3N5O2/c1-27(2,3)15-32-16-28(4,5)36-14-23(33-17-36)34-26(38)25(19-6-8-20(29)9-7-19)35-24(37)12-18-10-21(30)13-22(31)11-18/h6-11,13-14,17,25,32H,12,15-16H2,1-5H3,(H,34,38)(H,35,37). The van der Waals surface area contributed by atoms with E-state index in [1.807, 2.05) is 18.4 Å². The van der Waals surface area contributed by atoms with Crippen molar-refractivity contribution in [2.24, 2.45) is 5.41 Å². The van der Waals surface area contributed by atoms with E-state index in [1.54, 1.807) is 12.5 Å². The second kappa shape index (κ2) is 11.8. The lowest BCUT2D eigenvalue weighted by Crippen LogP contribution is -2.40. The van der Waals surface area contributed by atoms with Crippen LogP contribution in [0.15, 0.2) is 55.0 Å². The zero-order valence-corrected chi connectivity index (χ0v) is 22.2. The number of rotatable bonds is 10. The second-order valence-electron chi connectivity index (χ2n) is 11.1. The van der Waals surface area contributed by atoms with Crippen molar-refractivity contribution in [3.63, 3.8) is 0 Å². The third kappa shape index (κ3) is 8.44. The van der Waals surface area contributed by atoms with Crippen LogP contribution in [0.1, 0.15) is 51.8 Å². The minimum atomic E-state index is -1.20. The van der Waals surface area contributed by atoms with Crippen LogP contribution in [0.3, 0.4) is 0 Å². The summed E-state index contributed by atoms with van der Waals surface area (Å²) in [5.41, 5.74) is 0.229. The number of halogens is 3. The number of amides is 2. The Morgan fingerprint density at radius 1 is 0.921 bits per heavy atom. The lowest BCUT2D eigenvalue weighted by Gasteiger charge is -2.29. The number of hydrogen-bond acceptors (Lipinski definition) is 4. The minimum absolute atomic E-state index is 0.110. The van der Waals surface area contributed by atoms with Crippen LogP contribution in [0.4, 0.5) is 19.0 Å². The number of imidazole rings is 1. The molecule has 1 atom stereocenters. The zero-order valence-electron chi connectivity index (χ0n) is 22.2. The smallest absolute Gasteiger partial charge is 0.252 e. The summed E-state index contributed by atoms with van der Waals surface area (Å²) in [6.45, 7) is 12.0. The van der Waals surface area contributed by atoms with Crippen molar-refractivity contribution in [3.05, 3.63) is 83.6 Å². The van der Waals surface area contributed by atoms with E-state index in [1.165, 1.54) is 24.3 Å². The molecule has 1 heterocycles. The predicted octanol–water partition coefficient (Wildman–Crippen LogP) is 4.71. The molecule has 0 aliphatic heterocycles. The van der Waals surface area contributed by atoms with E-state index in [0.29, 0.717) is 18.2 Å². The first-order chi connectivity index (χ1) is 17.7. The average molecular weight is 530 g/mol. The Balaban J connectivity index is 1.73. The molecule has 0 radical (unpaired) electrons. The molecule has 0 saturated carbocycles. The van der Waals surface area contributed by atoms with E-state index in [9.17, 15) is 22.8 Å². The monoisotopic (exact) mass is 529 g/mol. The Labute approximate surface area is 220 Å². The van der Waals surface area contributed by atoms with E-state index in [0.717, 1.165) is 18.7 Å². The van der Waals surface area contributed by atoms with E-state index in [-0.39, 0.29) is 28.8 Å². The molecule has 0 bridgehead atoms. The quantitative estimate of drug-likeness (QED) is 0.355. The highest BCUT2D eigenvalue weighted by Crippen LogP contribution is 2.21. The van der Waals surface area contributed by atoms with E-state index < -0.39 is 35.3 Å². The van der Waals surface area contributed by atoms with Crippen molar-refractivity contribution in [2.75, 3.05) is 18.4 Å². The van der Waals surface area contributed by atoms with Crippen LogP contribution in [0, 0.1) is 22.9 Å².